The smallest absolute Gasteiger partial charge is 0.291 e. The number of anilines is 1. The molecule has 4 aromatic rings. The first-order chi connectivity index (χ1) is 15.0. The van der Waals surface area contributed by atoms with Crippen molar-refractivity contribution in [3.8, 4) is 0 Å². The molecule has 2 aromatic carbocycles. The SMILES string of the molecule is Cc1c(C(=O)Nc2c(C(=O)N3CCOCC3)oc3ccccc23)oc2c(Cl)cccc12. The van der Waals surface area contributed by atoms with Gasteiger partial charge in [-0.05, 0) is 25.1 Å². The van der Waals surface area contributed by atoms with Gasteiger partial charge in [-0.3, -0.25) is 9.59 Å². The molecule has 158 valence electrons. The van der Waals surface area contributed by atoms with Gasteiger partial charge in [-0.2, -0.15) is 0 Å². The largest absolute Gasteiger partial charge is 0.449 e. The first kappa shape index (κ1) is 19.7. The fourth-order valence-corrected chi connectivity index (χ4v) is 4.04. The van der Waals surface area contributed by atoms with Gasteiger partial charge in [0.25, 0.3) is 11.8 Å². The number of ether oxygens (including phenoxy) is 1. The Balaban J connectivity index is 1.55. The van der Waals surface area contributed by atoms with Crippen LogP contribution in [0.25, 0.3) is 21.9 Å². The number of nitrogens with one attached hydrogen (secondary N) is 1. The van der Waals surface area contributed by atoms with Gasteiger partial charge in [0.05, 0.1) is 18.2 Å². The van der Waals surface area contributed by atoms with Gasteiger partial charge in [0.1, 0.15) is 11.3 Å². The lowest BCUT2D eigenvalue weighted by Gasteiger charge is -2.26. The Morgan fingerprint density at radius 1 is 0.968 bits per heavy atom. The molecule has 0 saturated carbocycles. The van der Waals surface area contributed by atoms with Crippen molar-refractivity contribution in [3.63, 3.8) is 0 Å². The van der Waals surface area contributed by atoms with E-state index in [0.717, 1.165) is 5.39 Å². The number of fused-ring (bicyclic) bond motifs is 2. The highest BCUT2D eigenvalue weighted by atomic mass is 35.5. The van der Waals surface area contributed by atoms with Gasteiger partial charge >= 0.3 is 0 Å². The van der Waals surface area contributed by atoms with E-state index >= 15 is 0 Å². The van der Waals surface area contributed by atoms with E-state index in [2.05, 4.69) is 5.32 Å². The van der Waals surface area contributed by atoms with Crippen molar-refractivity contribution in [1.29, 1.82) is 0 Å². The number of morpholine rings is 1. The van der Waals surface area contributed by atoms with Gasteiger partial charge in [-0.25, -0.2) is 0 Å². The van der Waals surface area contributed by atoms with Crippen LogP contribution in [0.5, 0.6) is 0 Å². The van der Waals surface area contributed by atoms with Crippen LogP contribution in [0.4, 0.5) is 5.69 Å². The van der Waals surface area contributed by atoms with E-state index in [9.17, 15) is 9.59 Å². The van der Waals surface area contributed by atoms with Gasteiger partial charge < -0.3 is 23.8 Å². The minimum absolute atomic E-state index is 0.0863. The third kappa shape index (κ3) is 3.36. The number of nitrogens with zero attached hydrogens (tertiary/aromatic N) is 1. The van der Waals surface area contributed by atoms with Crippen LogP contribution < -0.4 is 5.32 Å². The molecule has 7 nitrogen and oxygen atoms in total. The number of carbonyl (C=O) groups excluding carboxylic acids is 2. The lowest BCUT2D eigenvalue weighted by molar-refractivity contribution is 0.0285. The third-order valence-electron chi connectivity index (χ3n) is 5.45. The summed E-state index contributed by atoms with van der Waals surface area (Å²) < 4.78 is 17.0. The van der Waals surface area contributed by atoms with Gasteiger partial charge in [-0.15, -0.1) is 0 Å². The van der Waals surface area contributed by atoms with Crippen LogP contribution in [0.2, 0.25) is 5.02 Å². The lowest BCUT2D eigenvalue weighted by Crippen LogP contribution is -2.40. The molecule has 1 N–H and O–H groups in total. The fraction of sp³-hybridized carbons (Fsp3) is 0.217. The summed E-state index contributed by atoms with van der Waals surface area (Å²) in [5, 5.41) is 4.67. The van der Waals surface area contributed by atoms with E-state index < -0.39 is 5.91 Å². The summed E-state index contributed by atoms with van der Waals surface area (Å²) in [6.07, 6.45) is 0. The average Bonchev–Trinajstić information content (AvgIpc) is 3.33. The molecule has 31 heavy (non-hydrogen) atoms. The molecule has 0 radical (unpaired) electrons. The van der Waals surface area contributed by atoms with Crippen molar-refractivity contribution in [1.82, 2.24) is 4.90 Å². The van der Waals surface area contributed by atoms with Crippen molar-refractivity contribution in [2.24, 2.45) is 0 Å². The molecule has 2 aromatic heterocycles. The molecule has 0 spiro atoms. The van der Waals surface area contributed by atoms with E-state index in [1.807, 2.05) is 18.2 Å². The molecule has 1 fully saturated rings. The number of benzene rings is 2. The number of furan rings is 2. The summed E-state index contributed by atoms with van der Waals surface area (Å²) in [7, 11) is 0. The highest BCUT2D eigenvalue weighted by Gasteiger charge is 2.29. The summed E-state index contributed by atoms with van der Waals surface area (Å²) >= 11 is 6.22. The Morgan fingerprint density at radius 2 is 1.71 bits per heavy atom. The molecule has 1 saturated heterocycles. The number of aryl methyl sites for hydroxylation is 1. The van der Waals surface area contributed by atoms with Crippen LogP contribution in [0.1, 0.15) is 26.7 Å². The minimum Gasteiger partial charge on any atom is -0.449 e. The Hall–Kier alpha value is -3.29. The van der Waals surface area contributed by atoms with Crippen molar-refractivity contribution in [2.75, 3.05) is 31.6 Å². The molecular weight excluding hydrogens is 420 g/mol. The summed E-state index contributed by atoms with van der Waals surface area (Å²) in [6.45, 7) is 3.65. The fourth-order valence-electron chi connectivity index (χ4n) is 3.83. The number of carbonyl (C=O) groups is 2. The Morgan fingerprint density at radius 3 is 2.48 bits per heavy atom. The molecule has 8 heteroatoms. The Kier molecular flexibility index (Phi) is 4.92. The summed E-state index contributed by atoms with van der Waals surface area (Å²) in [5.74, 6) is -0.548. The summed E-state index contributed by atoms with van der Waals surface area (Å²) in [6, 6.07) is 12.5. The normalized spacial score (nSPS) is 14.3. The van der Waals surface area contributed by atoms with Crippen molar-refractivity contribution >= 4 is 51.0 Å². The van der Waals surface area contributed by atoms with Crippen LogP contribution in [0.15, 0.2) is 51.3 Å². The monoisotopic (exact) mass is 438 g/mol. The second kappa shape index (κ2) is 7.76. The van der Waals surface area contributed by atoms with Crippen molar-refractivity contribution < 1.29 is 23.2 Å². The average molecular weight is 439 g/mol. The number of hydrogen-bond acceptors (Lipinski definition) is 5. The van der Waals surface area contributed by atoms with Crippen molar-refractivity contribution in [2.45, 2.75) is 6.92 Å². The van der Waals surface area contributed by atoms with E-state index in [-0.39, 0.29) is 17.4 Å². The zero-order valence-electron chi connectivity index (χ0n) is 16.7. The molecule has 0 bridgehead atoms. The Bertz CT molecular complexity index is 1320. The molecule has 1 aliphatic rings. The molecule has 2 amide bonds. The van der Waals surface area contributed by atoms with Crippen molar-refractivity contribution in [3.05, 3.63) is 64.6 Å². The first-order valence-electron chi connectivity index (χ1n) is 9.92. The number of hydrogen-bond donors (Lipinski definition) is 1. The van der Waals surface area contributed by atoms with Gasteiger partial charge in [0.15, 0.2) is 11.3 Å². The first-order valence-corrected chi connectivity index (χ1v) is 10.3. The highest BCUT2D eigenvalue weighted by Crippen LogP contribution is 2.34. The van der Waals surface area contributed by atoms with Crippen LogP contribution in [0, 0.1) is 6.92 Å². The maximum Gasteiger partial charge on any atom is 0.291 e. The molecule has 1 aliphatic heterocycles. The predicted octanol–water partition coefficient (Wildman–Crippen LogP) is 4.87. The molecule has 0 unspecified atom stereocenters. The zero-order chi connectivity index (χ0) is 21.5. The molecule has 5 rings (SSSR count). The maximum absolute atomic E-state index is 13.2. The number of para-hydroxylation sites is 2. The van der Waals surface area contributed by atoms with E-state index in [1.54, 1.807) is 36.1 Å². The van der Waals surface area contributed by atoms with E-state index in [4.69, 9.17) is 25.2 Å². The second-order valence-electron chi connectivity index (χ2n) is 7.33. The number of rotatable bonds is 3. The molecule has 0 aliphatic carbocycles. The van der Waals surface area contributed by atoms with Gasteiger partial charge in [-0.1, -0.05) is 35.9 Å². The van der Waals surface area contributed by atoms with E-state index in [0.29, 0.717) is 59.1 Å². The topological polar surface area (TPSA) is 84.9 Å². The zero-order valence-corrected chi connectivity index (χ0v) is 17.5. The van der Waals surface area contributed by atoms with Gasteiger partial charge in [0.2, 0.25) is 5.76 Å². The Labute approximate surface area is 182 Å². The molecule has 3 heterocycles. The highest BCUT2D eigenvalue weighted by molar-refractivity contribution is 6.35. The van der Waals surface area contributed by atoms with Crippen LogP contribution >= 0.6 is 11.6 Å². The van der Waals surface area contributed by atoms with Crippen LogP contribution in [-0.2, 0) is 4.74 Å². The van der Waals surface area contributed by atoms with Gasteiger partial charge in [0, 0.05) is 29.4 Å². The minimum atomic E-state index is -0.479. The van der Waals surface area contributed by atoms with Crippen LogP contribution in [0.3, 0.4) is 0 Å². The predicted molar refractivity (Wildman–Crippen MR) is 117 cm³/mol. The van der Waals surface area contributed by atoms with Crippen LogP contribution in [-0.4, -0.2) is 43.0 Å². The molecule has 0 atom stereocenters. The standard InChI is InChI=1S/C23H19ClN2O5/c1-13-14-6-4-7-16(24)20(14)31-19(13)22(27)25-18-15-5-2-3-8-17(15)30-21(18)23(28)26-9-11-29-12-10-26/h2-8H,9-12H2,1H3,(H,25,27). The summed E-state index contributed by atoms with van der Waals surface area (Å²) in [4.78, 5) is 28.0. The molecular formula is C23H19ClN2O5. The lowest BCUT2D eigenvalue weighted by atomic mass is 10.1. The summed E-state index contributed by atoms with van der Waals surface area (Å²) in [5.41, 5.74) is 1.96. The van der Waals surface area contributed by atoms with E-state index in [1.165, 1.54) is 0 Å². The quantitative estimate of drug-likeness (QED) is 0.493. The number of amides is 2. The number of halogens is 1. The maximum atomic E-state index is 13.2. The third-order valence-corrected chi connectivity index (χ3v) is 5.75. The second-order valence-corrected chi connectivity index (χ2v) is 7.74.